The molecular formula is C37H21N3S. The van der Waals surface area contributed by atoms with Gasteiger partial charge in [-0.25, -0.2) is 0 Å². The zero-order chi connectivity index (χ0) is 27.1. The van der Waals surface area contributed by atoms with Crippen LogP contribution >= 0.6 is 11.3 Å². The number of hydrogen-bond acceptors (Lipinski definition) is 2. The monoisotopic (exact) mass is 539 g/mol. The summed E-state index contributed by atoms with van der Waals surface area (Å²) in [6, 6.07) is 47.6. The van der Waals surface area contributed by atoms with Crippen LogP contribution in [0.5, 0.6) is 0 Å². The van der Waals surface area contributed by atoms with Crippen molar-refractivity contribution in [3.05, 3.63) is 133 Å². The van der Waals surface area contributed by atoms with Gasteiger partial charge < -0.3 is 9.13 Å². The third-order valence-electron chi connectivity index (χ3n) is 8.32. The van der Waals surface area contributed by atoms with E-state index in [1.54, 1.807) is 11.3 Å². The van der Waals surface area contributed by atoms with E-state index in [1.165, 1.54) is 47.4 Å². The Morgan fingerprint density at radius 3 is 1.73 bits per heavy atom. The summed E-state index contributed by atoms with van der Waals surface area (Å²) in [7, 11) is 0. The Labute approximate surface area is 239 Å². The van der Waals surface area contributed by atoms with Crippen LogP contribution in [0.2, 0.25) is 0 Å². The normalized spacial score (nSPS) is 11.9. The molecular weight excluding hydrogens is 518 g/mol. The fourth-order valence-corrected chi connectivity index (χ4v) is 7.79. The summed E-state index contributed by atoms with van der Waals surface area (Å²) in [5, 5.41) is 17.2. The van der Waals surface area contributed by atoms with Crippen molar-refractivity contribution in [2.45, 2.75) is 0 Å². The van der Waals surface area contributed by atoms with Crippen molar-refractivity contribution in [1.82, 2.24) is 9.13 Å². The minimum atomic E-state index is 0.670. The Morgan fingerprint density at radius 2 is 1.05 bits per heavy atom. The van der Waals surface area contributed by atoms with Gasteiger partial charge in [0.05, 0.1) is 44.1 Å². The second-order valence-corrected chi connectivity index (χ2v) is 11.6. The number of nitrogens with zero attached hydrogens (tertiary/aromatic N) is 3. The molecule has 0 aliphatic rings. The maximum absolute atomic E-state index is 10.0. The van der Waals surface area contributed by atoms with E-state index in [0.29, 0.717) is 5.56 Å². The molecule has 0 unspecified atom stereocenters. The van der Waals surface area contributed by atoms with Gasteiger partial charge >= 0.3 is 0 Å². The molecule has 3 nitrogen and oxygen atoms in total. The first kappa shape index (κ1) is 22.4. The Kier molecular flexibility index (Phi) is 4.55. The highest BCUT2D eigenvalue weighted by Crippen LogP contribution is 2.42. The summed E-state index contributed by atoms with van der Waals surface area (Å²) in [5.74, 6) is 0. The lowest BCUT2D eigenvalue weighted by molar-refractivity contribution is 1.17. The number of thiophene rings is 1. The van der Waals surface area contributed by atoms with Crippen LogP contribution in [0, 0.1) is 11.3 Å². The predicted octanol–water partition coefficient (Wildman–Crippen LogP) is 10.1. The number of aromatic nitrogens is 2. The van der Waals surface area contributed by atoms with E-state index in [1.807, 2.05) is 12.1 Å². The third kappa shape index (κ3) is 3.07. The highest BCUT2D eigenvalue weighted by molar-refractivity contribution is 7.26. The van der Waals surface area contributed by atoms with Crippen LogP contribution in [0.15, 0.2) is 127 Å². The van der Waals surface area contributed by atoms with Gasteiger partial charge in [-0.15, -0.1) is 11.3 Å². The van der Waals surface area contributed by atoms with E-state index >= 15 is 0 Å². The molecule has 0 aliphatic heterocycles. The highest BCUT2D eigenvalue weighted by Gasteiger charge is 2.19. The summed E-state index contributed by atoms with van der Waals surface area (Å²) < 4.78 is 7.14. The molecule has 0 atom stereocenters. The summed E-state index contributed by atoms with van der Waals surface area (Å²) in [6.45, 7) is 0. The lowest BCUT2D eigenvalue weighted by Gasteiger charge is -2.11. The quantitative estimate of drug-likeness (QED) is 0.215. The summed E-state index contributed by atoms with van der Waals surface area (Å²) in [4.78, 5) is 0. The minimum Gasteiger partial charge on any atom is -0.309 e. The molecule has 0 saturated heterocycles. The van der Waals surface area contributed by atoms with E-state index in [9.17, 15) is 5.26 Å². The van der Waals surface area contributed by atoms with Crippen molar-refractivity contribution < 1.29 is 0 Å². The molecule has 6 aromatic carbocycles. The second kappa shape index (κ2) is 8.32. The fourth-order valence-electron chi connectivity index (χ4n) is 6.60. The Bertz CT molecular complexity index is 2500. The van der Waals surface area contributed by atoms with Crippen molar-refractivity contribution in [2.24, 2.45) is 0 Å². The summed E-state index contributed by atoms with van der Waals surface area (Å²) in [6.07, 6.45) is 0. The lowest BCUT2D eigenvalue weighted by Crippen LogP contribution is -1.96. The number of fused-ring (bicyclic) bond motifs is 9. The van der Waals surface area contributed by atoms with Crippen LogP contribution in [0.1, 0.15) is 5.56 Å². The molecule has 41 heavy (non-hydrogen) atoms. The maximum Gasteiger partial charge on any atom is 0.0992 e. The van der Waals surface area contributed by atoms with Crippen molar-refractivity contribution in [3.8, 4) is 17.4 Å². The molecule has 3 heterocycles. The van der Waals surface area contributed by atoms with Gasteiger partial charge in [0.25, 0.3) is 0 Å². The third-order valence-corrected chi connectivity index (χ3v) is 9.53. The largest absolute Gasteiger partial charge is 0.309 e. The van der Waals surface area contributed by atoms with Gasteiger partial charge in [0, 0.05) is 42.7 Å². The molecule has 190 valence electrons. The topological polar surface area (TPSA) is 33.6 Å². The van der Waals surface area contributed by atoms with Crippen LogP contribution < -0.4 is 0 Å². The van der Waals surface area contributed by atoms with E-state index < -0.39 is 0 Å². The molecule has 9 rings (SSSR count). The number of rotatable bonds is 2. The Hall–Kier alpha value is -5.37. The molecule has 0 spiro atoms. The van der Waals surface area contributed by atoms with Crippen LogP contribution in [0.3, 0.4) is 0 Å². The predicted molar refractivity (Wildman–Crippen MR) is 173 cm³/mol. The molecule has 0 saturated carbocycles. The first-order valence-corrected chi connectivity index (χ1v) is 14.5. The average Bonchev–Trinajstić information content (AvgIpc) is 3.68. The fraction of sp³-hybridized carbons (Fsp3) is 0. The summed E-state index contributed by atoms with van der Waals surface area (Å²) in [5.41, 5.74) is 7.52. The van der Waals surface area contributed by atoms with Crippen LogP contribution in [0.4, 0.5) is 0 Å². The van der Waals surface area contributed by atoms with Crippen molar-refractivity contribution in [3.63, 3.8) is 0 Å². The SMILES string of the molecule is N#Cc1cc(-n2c3ccccc3c3cc(-n4c5ccccc5c5ccccc54)ccc32)c2sc3ccccc3c2c1. The smallest absolute Gasteiger partial charge is 0.0992 e. The maximum atomic E-state index is 10.0. The van der Waals surface area contributed by atoms with Crippen LogP contribution in [-0.4, -0.2) is 9.13 Å². The molecule has 0 amide bonds. The van der Waals surface area contributed by atoms with E-state index in [-0.39, 0.29) is 0 Å². The van der Waals surface area contributed by atoms with Gasteiger partial charge in [-0.1, -0.05) is 72.8 Å². The molecule has 4 heteroatoms. The van der Waals surface area contributed by atoms with Gasteiger partial charge in [0.2, 0.25) is 0 Å². The van der Waals surface area contributed by atoms with Crippen molar-refractivity contribution in [2.75, 3.05) is 0 Å². The zero-order valence-electron chi connectivity index (χ0n) is 21.9. The second-order valence-electron chi connectivity index (χ2n) is 10.5. The number of para-hydroxylation sites is 3. The Balaban J connectivity index is 1.39. The number of nitriles is 1. The minimum absolute atomic E-state index is 0.670. The zero-order valence-corrected chi connectivity index (χ0v) is 22.7. The molecule has 0 bridgehead atoms. The first-order chi connectivity index (χ1) is 20.3. The molecule has 0 aliphatic carbocycles. The van der Waals surface area contributed by atoms with Gasteiger partial charge in [-0.05, 0) is 54.6 Å². The van der Waals surface area contributed by atoms with E-state index in [0.717, 1.165) is 27.8 Å². The van der Waals surface area contributed by atoms with Gasteiger partial charge in [0.15, 0.2) is 0 Å². The highest BCUT2D eigenvalue weighted by atomic mass is 32.1. The van der Waals surface area contributed by atoms with E-state index in [4.69, 9.17) is 0 Å². The molecule has 0 fully saturated rings. The average molecular weight is 540 g/mol. The molecule has 3 aromatic heterocycles. The van der Waals surface area contributed by atoms with Crippen LogP contribution in [-0.2, 0) is 0 Å². The first-order valence-electron chi connectivity index (χ1n) is 13.7. The van der Waals surface area contributed by atoms with Crippen LogP contribution in [0.25, 0.3) is 75.2 Å². The molecule has 0 radical (unpaired) electrons. The van der Waals surface area contributed by atoms with Gasteiger partial charge in [0.1, 0.15) is 0 Å². The van der Waals surface area contributed by atoms with E-state index in [2.05, 4.69) is 130 Å². The summed E-state index contributed by atoms with van der Waals surface area (Å²) >= 11 is 1.79. The number of benzene rings is 6. The van der Waals surface area contributed by atoms with Gasteiger partial charge in [-0.3, -0.25) is 0 Å². The van der Waals surface area contributed by atoms with Crippen molar-refractivity contribution in [1.29, 1.82) is 5.26 Å². The lowest BCUT2D eigenvalue weighted by atomic mass is 10.1. The Morgan fingerprint density at radius 1 is 0.488 bits per heavy atom. The van der Waals surface area contributed by atoms with Gasteiger partial charge in [-0.2, -0.15) is 5.26 Å². The standard InChI is InChI=1S/C37H21N3S/c38-22-23-19-30-28-12-4-8-16-36(28)41-37(30)35(20-23)40-33-15-7-3-11-27(33)29-21-24(17-18-34(29)40)39-31-13-5-1-9-25(31)26-10-2-6-14-32(26)39/h1-21H. The number of hydrogen-bond donors (Lipinski definition) is 0. The molecule has 0 N–H and O–H groups in total. The molecule has 9 aromatic rings. The van der Waals surface area contributed by atoms with Crippen molar-refractivity contribution >= 4 is 75.1 Å².